The molecule has 0 unspecified atom stereocenters. The number of thiocarbonyl (C=S) groups is 1. The first-order valence-electron chi connectivity index (χ1n) is 5.50. The second kappa shape index (κ2) is 5.93. The Kier molecular flexibility index (Phi) is 4.04. The molecule has 4 heteroatoms. The molecule has 0 spiro atoms. The summed E-state index contributed by atoms with van der Waals surface area (Å²) in [5, 5.41) is 4.15. The van der Waals surface area contributed by atoms with Gasteiger partial charge in [-0.15, -0.1) is 0 Å². The minimum atomic E-state index is 0.390. The second-order valence-corrected chi connectivity index (χ2v) is 4.17. The summed E-state index contributed by atoms with van der Waals surface area (Å²) >= 11 is 4.93. The fourth-order valence-corrected chi connectivity index (χ4v) is 1.59. The van der Waals surface area contributed by atoms with Gasteiger partial charge in [0.15, 0.2) is 0 Å². The van der Waals surface area contributed by atoms with Gasteiger partial charge in [0, 0.05) is 5.56 Å². The molecule has 2 rings (SSSR count). The van der Waals surface area contributed by atoms with Crippen molar-refractivity contribution in [2.24, 2.45) is 10.8 Å². The van der Waals surface area contributed by atoms with Crippen molar-refractivity contribution in [2.75, 3.05) is 5.43 Å². The first-order chi connectivity index (χ1) is 8.75. The highest BCUT2D eigenvalue weighted by Gasteiger charge is 1.96. The van der Waals surface area contributed by atoms with Crippen LogP contribution in [0, 0.1) is 0 Å². The van der Waals surface area contributed by atoms with Crippen LogP contribution in [0.1, 0.15) is 11.1 Å². The van der Waals surface area contributed by atoms with Gasteiger partial charge >= 0.3 is 0 Å². The van der Waals surface area contributed by atoms with Crippen LogP contribution in [0.15, 0.2) is 59.7 Å². The highest BCUT2D eigenvalue weighted by atomic mass is 32.1. The lowest BCUT2D eigenvalue weighted by Gasteiger charge is -2.00. The molecule has 0 radical (unpaired) electrons. The van der Waals surface area contributed by atoms with E-state index >= 15 is 0 Å². The Morgan fingerprint density at radius 1 is 1.11 bits per heavy atom. The molecule has 0 aliphatic rings. The monoisotopic (exact) mass is 255 g/mol. The van der Waals surface area contributed by atoms with Crippen molar-refractivity contribution >= 4 is 29.1 Å². The van der Waals surface area contributed by atoms with Crippen molar-refractivity contribution < 1.29 is 0 Å². The summed E-state index contributed by atoms with van der Waals surface area (Å²) in [5.41, 5.74) is 11.3. The molecule has 2 aromatic carbocycles. The molecule has 0 saturated heterocycles. The number of hydrogen-bond acceptors (Lipinski definition) is 3. The first-order valence-corrected chi connectivity index (χ1v) is 5.90. The van der Waals surface area contributed by atoms with E-state index in [0.29, 0.717) is 4.99 Å². The third-order valence-electron chi connectivity index (χ3n) is 2.35. The lowest BCUT2D eigenvalue weighted by molar-refractivity contribution is 1.35. The maximum Gasteiger partial charge on any atom is 0.104 e. The molecule has 90 valence electrons. The maximum atomic E-state index is 5.57. The zero-order chi connectivity index (χ0) is 12.8. The molecule has 0 fully saturated rings. The summed E-state index contributed by atoms with van der Waals surface area (Å²) in [6, 6.07) is 17.4. The molecule has 3 N–H and O–H groups in total. The predicted octanol–water partition coefficient (Wildman–Crippen LogP) is 2.77. The van der Waals surface area contributed by atoms with E-state index < -0.39 is 0 Å². The Hall–Kier alpha value is -2.20. The van der Waals surface area contributed by atoms with Crippen molar-refractivity contribution in [2.45, 2.75) is 0 Å². The lowest BCUT2D eigenvalue weighted by atomic mass is 10.1. The largest absolute Gasteiger partial charge is 0.389 e. The standard InChI is InChI=1S/C14H13N3S/c15-14(18)12-6-4-5-11(9-12)10-16-17-13-7-2-1-3-8-13/h1-10,17H,(H2,15,18)/b16-10+. The van der Waals surface area contributed by atoms with Crippen LogP contribution >= 0.6 is 12.2 Å². The number of para-hydroxylation sites is 1. The van der Waals surface area contributed by atoms with Gasteiger partial charge in [0.1, 0.15) is 4.99 Å². The van der Waals surface area contributed by atoms with Crippen molar-refractivity contribution in [3.63, 3.8) is 0 Å². The molecule has 0 atom stereocenters. The van der Waals surface area contributed by atoms with Gasteiger partial charge in [-0.3, -0.25) is 5.43 Å². The van der Waals surface area contributed by atoms with Gasteiger partial charge in [0.05, 0.1) is 11.9 Å². The summed E-state index contributed by atoms with van der Waals surface area (Å²) in [6.07, 6.45) is 1.73. The lowest BCUT2D eigenvalue weighted by Crippen LogP contribution is -2.09. The predicted molar refractivity (Wildman–Crippen MR) is 80.0 cm³/mol. The summed E-state index contributed by atoms with van der Waals surface area (Å²) in [6.45, 7) is 0. The van der Waals surface area contributed by atoms with Gasteiger partial charge in [0.2, 0.25) is 0 Å². The van der Waals surface area contributed by atoms with Crippen molar-refractivity contribution in [3.05, 3.63) is 65.7 Å². The Bertz CT molecular complexity index is 564. The number of hydrazone groups is 1. The highest BCUT2D eigenvalue weighted by molar-refractivity contribution is 7.80. The van der Waals surface area contributed by atoms with Crippen LogP contribution in [0.4, 0.5) is 5.69 Å². The Labute approximate surface area is 111 Å². The van der Waals surface area contributed by atoms with E-state index in [2.05, 4.69) is 10.5 Å². The maximum absolute atomic E-state index is 5.57. The number of nitrogens with zero attached hydrogens (tertiary/aromatic N) is 1. The van der Waals surface area contributed by atoms with Crippen LogP contribution in [-0.2, 0) is 0 Å². The van der Waals surface area contributed by atoms with E-state index in [4.69, 9.17) is 18.0 Å². The molecule has 3 nitrogen and oxygen atoms in total. The quantitative estimate of drug-likeness (QED) is 0.502. The molecular weight excluding hydrogens is 242 g/mol. The molecule has 0 aliphatic heterocycles. The average molecular weight is 255 g/mol. The summed E-state index contributed by atoms with van der Waals surface area (Å²) in [7, 11) is 0. The van der Waals surface area contributed by atoms with Crippen molar-refractivity contribution in [1.29, 1.82) is 0 Å². The van der Waals surface area contributed by atoms with Crippen LogP contribution in [0.5, 0.6) is 0 Å². The van der Waals surface area contributed by atoms with Gasteiger partial charge in [-0.25, -0.2) is 0 Å². The fraction of sp³-hybridized carbons (Fsp3) is 0. The topological polar surface area (TPSA) is 50.4 Å². The van der Waals surface area contributed by atoms with Crippen LogP contribution < -0.4 is 11.2 Å². The van der Waals surface area contributed by atoms with Gasteiger partial charge < -0.3 is 5.73 Å². The number of benzene rings is 2. The normalized spacial score (nSPS) is 10.4. The van der Waals surface area contributed by atoms with E-state index in [0.717, 1.165) is 16.8 Å². The zero-order valence-electron chi connectivity index (χ0n) is 9.71. The second-order valence-electron chi connectivity index (χ2n) is 3.73. The minimum Gasteiger partial charge on any atom is -0.389 e. The summed E-state index contributed by atoms with van der Waals surface area (Å²) in [4.78, 5) is 0.390. The zero-order valence-corrected chi connectivity index (χ0v) is 10.5. The van der Waals surface area contributed by atoms with Crippen LogP contribution in [0.25, 0.3) is 0 Å². The van der Waals surface area contributed by atoms with Crippen molar-refractivity contribution in [1.82, 2.24) is 0 Å². The molecule has 0 bridgehead atoms. The number of anilines is 1. The number of hydrogen-bond donors (Lipinski definition) is 2. The SMILES string of the molecule is NC(=S)c1cccc(/C=N/Nc2ccccc2)c1. The molecule has 0 aromatic heterocycles. The van der Waals surface area contributed by atoms with E-state index in [9.17, 15) is 0 Å². The van der Waals surface area contributed by atoms with Crippen LogP contribution in [0.2, 0.25) is 0 Å². The molecule has 0 aliphatic carbocycles. The van der Waals surface area contributed by atoms with Gasteiger partial charge in [-0.1, -0.05) is 48.6 Å². The van der Waals surface area contributed by atoms with E-state index in [1.165, 1.54) is 0 Å². The van der Waals surface area contributed by atoms with Gasteiger partial charge in [-0.2, -0.15) is 5.10 Å². The molecule has 18 heavy (non-hydrogen) atoms. The fourth-order valence-electron chi connectivity index (χ4n) is 1.47. The molecule has 2 aromatic rings. The Morgan fingerprint density at radius 2 is 1.89 bits per heavy atom. The summed E-state index contributed by atoms with van der Waals surface area (Å²) < 4.78 is 0. The van der Waals surface area contributed by atoms with Crippen molar-refractivity contribution in [3.8, 4) is 0 Å². The third-order valence-corrected chi connectivity index (χ3v) is 2.59. The molecule has 0 amide bonds. The molecular formula is C14H13N3S. The van der Waals surface area contributed by atoms with E-state index in [-0.39, 0.29) is 0 Å². The first kappa shape index (κ1) is 12.3. The van der Waals surface area contributed by atoms with E-state index in [1.54, 1.807) is 6.21 Å². The highest BCUT2D eigenvalue weighted by Crippen LogP contribution is 2.06. The third kappa shape index (κ3) is 3.40. The summed E-state index contributed by atoms with van der Waals surface area (Å²) in [5.74, 6) is 0. The van der Waals surface area contributed by atoms with Crippen LogP contribution in [-0.4, -0.2) is 11.2 Å². The minimum absolute atomic E-state index is 0.390. The van der Waals surface area contributed by atoms with E-state index in [1.807, 2.05) is 54.6 Å². The Balaban J connectivity index is 2.05. The van der Waals surface area contributed by atoms with Crippen LogP contribution in [0.3, 0.4) is 0 Å². The molecule has 0 heterocycles. The molecule has 0 saturated carbocycles. The van der Waals surface area contributed by atoms with Gasteiger partial charge in [0.25, 0.3) is 0 Å². The van der Waals surface area contributed by atoms with Gasteiger partial charge in [-0.05, 0) is 23.8 Å². The average Bonchev–Trinajstić information content (AvgIpc) is 2.40. The smallest absolute Gasteiger partial charge is 0.104 e. The number of nitrogens with two attached hydrogens (primary N) is 1. The Morgan fingerprint density at radius 3 is 2.61 bits per heavy atom. The number of rotatable bonds is 4. The number of nitrogens with one attached hydrogen (secondary N) is 1.